The average molecular weight is 442 g/mol. The number of aliphatic hydroxyl groups excluding tert-OH is 2. The highest BCUT2D eigenvalue weighted by Crippen LogP contribution is 2.21. The van der Waals surface area contributed by atoms with Crippen molar-refractivity contribution < 1.29 is 24.2 Å². The van der Waals surface area contributed by atoms with Gasteiger partial charge in [0, 0.05) is 25.2 Å². The largest absolute Gasteiger partial charge is 0.444 e. The summed E-state index contributed by atoms with van der Waals surface area (Å²) in [6.45, 7) is 0.836. The number of aromatic nitrogens is 1. The van der Waals surface area contributed by atoms with Crippen LogP contribution in [-0.2, 0) is 17.8 Å². The van der Waals surface area contributed by atoms with E-state index in [0.29, 0.717) is 37.4 Å². The number of hydrogen-bond donors (Lipinski definition) is 3. The molecule has 0 radical (unpaired) electrons. The lowest BCUT2D eigenvalue weighted by Gasteiger charge is -2.32. The Morgan fingerprint density at radius 3 is 2.68 bits per heavy atom. The van der Waals surface area contributed by atoms with Gasteiger partial charge in [0.25, 0.3) is 5.91 Å². The van der Waals surface area contributed by atoms with Crippen LogP contribution < -0.4 is 5.32 Å². The highest BCUT2D eigenvalue weighted by Gasteiger charge is 2.30. The maximum absolute atomic E-state index is 12.6. The van der Waals surface area contributed by atoms with E-state index in [1.165, 1.54) is 11.2 Å². The number of nitrogens with zero attached hydrogens (tertiary/aromatic N) is 2. The molecule has 4 rings (SSSR count). The van der Waals surface area contributed by atoms with Crippen molar-refractivity contribution in [3.63, 3.8) is 0 Å². The number of hydrogen-bond acceptors (Lipinski definition) is 7. The molecule has 1 saturated heterocycles. The van der Waals surface area contributed by atoms with Gasteiger partial charge in [0.1, 0.15) is 6.26 Å². The van der Waals surface area contributed by atoms with E-state index >= 15 is 0 Å². The van der Waals surface area contributed by atoms with Gasteiger partial charge in [-0.1, -0.05) is 12.1 Å². The molecule has 0 spiro atoms. The molecule has 2 aromatic heterocycles. The molecular weight excluding hydrogens is 418 g/mol. The first kappa shape index (κ1) is 21.2. The van der Waals surface area contributed by atoms with Crippen LogP contribution in [-0.4, -0.2) is 57.2 Å². The summed E-state index contributed by atoms with van der Waals surface area (Å²) in [5, 5.41) is 26.2. The molecule has 2 amide bonds. The minimum Gasteiger partial charge on any atom is -0.444 e. The van der Waals surface area contributed by atoms with Crippen LogP contribution in [0.5, 0.6) is 0 Å². The van der Waals surface area contributed by atoms with Gasteiger partial charge < -0.3 is 24.8 Å². The third-order valence-electron chi connectivity index (χ3n) is 5.19. The number of oxazole rings is 1. The molecule has 9 heteroatoms. The molecule has 3 heterocycles. The summed E-state index contributed by atoms with van der Waals surface area (Å²) in [6, 6.07) is 9.32. The molecule has 3 N–H and O–H groups in total. The highest BCUT2D eigenvalue weighted by molar-refractivity contribution is 7.08. The van der Waals surface area contributed by atoms with Gasteiger partial charge in [-0.05, 0) is 46.5 Å². The SMILES string of the molecule is O=C(Cc1ccsc1)NCc1ccc(-c2nc(C(=O)N3CC[C@@H](O)[C@H](O)C3)co2)cc1. The molecule has 1 aliphatic heterocycles. The van der Waals surface area contributed by atoms with E-state index in [-0.39, 0.29) is 24.1 Å². The molecule has 31 heavy (non-hydrogen) atoms. The second-order valence-electron chi connectivity index (χ2n) is 7.49. The Bertz CT molecular complexity index is 1030. The second kappa shape index (κ2) is 9.42. The molecule has 0 bridgehead atoms. The van der Waals surface area contributed by atoms with Crippen molar-refractivity contribution in [2.75, 3.05) is 13.1 Å². The van der Waals surface area contributed by atoms with E-state index in [2.05, 4.69) is 10.3 Å². The van der Waals surface area contributed by atoms with Crippen LogP contribution in [0.3, 0.4) is 0 Å². The third kappa shape index (κ3) is 5.19. The van der Waals surface area contributed by atoms with Crippen LogP contribution in [0.1, 0.15) is 28.0 Å². The Labute approximate surface area is 183 Å². The molecule has 3 aromatic rings. The van der Waals surface area contributed by atoms with Crippen LogP contribution in [0.15, 0.2) is 51.8 Å². The van der Waals surface area contributed by atoms with Crippen LogP contribution in [0.4, 0.5) is 0 Å². The van der Waals surface area contributed by atoms with Gasteiger partial charge in [0.15, 0.2) is 5.69 Å². The predicted octanol–water partition coefficient (Wildman–Crippen LogP) is 1.83. The molecule has 1 aliphatic rings. The normalized spacial score (nSPS) is 18.7. The van der Waals surface area contributed by atoms with Crippen molar-refractivity contribution in [1.82, 2.24) is 15.2 Å². The lowest BCUT2D eigenvalue weighted by Crippen LogP contribution is -2.49. The molecule has 1 aromatic carbocycles. The molecular formula is C22H23N3O5S. The fourth-order valence-electron chi connectivity index (χ4n) is 3.38. The number of carbonyl (C=O) groups is 2. The predicted molar refractivity (Wildman–Crippen MR) is 114 cm³/mol. The zero-order valence-corrected chi connectivity index (χ0v) is 17.5. The van der Waals surface area contributed by atoms with E-state index < -0.39 is 12.2 Å². The van der Waals surface area contributed by atoms with Gasteiger partial charge in [-0.2, -0.15) is 11.3 Å². The van der Waals surface area contributed by atoms with Crippen LogP contribution in [0, 0.1) is 0 Å². The van der Waals surface area contributed by atoms with Gasteiger partial charge in [-0.15, -0.1) is 0 Å². The standard InChI is InChI=1S/C22H23N3O5S/c26-18-5-7-25(11-19(18)27)22(29)17-12-30-21(24-17)16-3-1-14(2-4-16)10-23-20(28)9-15-6-8-31-13-15/h1-4,6,8,12-13,18-19,26-27H,5,7,9-11H2,(H,23,28)/t18-,19-/m1/s1. The Kier molecular flexibility index (Phi) is 6.45. The first-order chi connectivity index (χ1) is 15.0. The summed E-state index contributed by atoms with van der Waals surface area (Å²) in [6.07, 6.45) is 0.219. The van der Waals surface area contributed by atoms with Crippen LogP contribution >= 0.6 is 11.3 Å². The number of aliphatic hydroxyl groups is 2. The number of likely N-dealkylation sites (tertiary alicyclic amines) is 1. The third-order valence-corrected chi connectivity index (χ3v) is 5.92. The molecule has 0 saturated carbocycles. The van der Waals surface area contributed by atoms with Crippen molar-refractivity contribution in [1.29, 1.82) is 0 Å². The van der Waals surface area contributed by atoms with Gasteiger partial charge in [-0.25, -0.2) is 4.98 Å². The molecule has 162 valence electrons. The number of β-amino-alcohol motifs (C(OH)–C–C–N with tert-alkyl or cyclic N) is 1. The van der Waals surface area contributed by atoms with Gasteiger partial charge >= 0.3 is 0 Å². The average Bonchev–Trinajstić information content (AvgIpc) is 3.46. The molecule has 0 aliphatic carbocycles. The quantitative estimate of drug-likeness (QED) is 0.538. The first-order valence-electron chi connectivity index (χ1n) is 9.97. The van der Waals surface area contributed by atoms with Crippen molar-refractivity contribution in [3.8, 4) is 11.5 Å². The number of rotatable bonds is 6. The van der Waals surface area contributed by atoms with E-state index in [1.54, 1.807) is 11.3 Å². The molecule has 2 atom stereocenters. The Morgan fingerprint density at radius 2 is 1.97 bits per heavy atom. The number of carbonyl (C=O) groups excluding carboxylic acids is 2. The number of nitrogens with one attached hydrogen (secondary N) is 1. The van der Waals surface area contributed by atoms with E-state index in [9.17, 15) is 19.8 Å². The zero-order valence-electron chi connectivity index (χ0n) is 16.7. The number of thiophene rings is 1. The van der Waals surface area contributed by atoms with Crippen LogP contribution in [0.2, 0.25) is 0 Å². The first-order valence-corrected chi connectivity index (χ1v) is 10.9. The molecule has 1 fully saturated rings. The maximum atomic E-state index is 12.6. The van der Waals surface area contributed by atoms with Crippen molar-refractivity contribution >= 4 is 23.2 Å². The van der Waals surface area contributed by atoms with E-state index in [4.69, 9.17) is 4.42 Å². The number of piperidine rings is 1. The van der Waals surface area contributed by atoms with E-state index in [1.807, 2.05) is 41.1 Å². The smallest absolute Gasteiger partial charge is 0.275 e. The van der Waals surface area contributed by atoms with Crippen LogP contribution in [0.25, 0.3) is 11.5 Å². The Hall–Kier alpha value is -3.01. The summed E-state index contributed by atoms with van der Waals surface area (Å²) in [5.41, 5.74) is 2.80. The van der Waals surface area contributed by atoms with Crippen molar-refractivity contribution in [2.45, 2.75) is 31.6 Å². The number of benzene rings is 1. The van der Waals surface area contributed by atoms with E-state index in [0.717, 1.165) is 11.1 Å². The zero-order chi connectivity index (χ0) is 21.8. The lowest BCUT2D eigenvalue weighted by atomic mass is 10.0. The fourth-order valence-corrected chi connectivity index (χ4v) is 4.05. The molecule has 0 unspecified atom stereocenters. The maximum Gasteiger partial charge on any atom is 0.275 e. The fraction of sp³-hybridized carbons (Fsp3) is 0.318. The van der Waals surface area contributed by atoms with Crippen molar-refractivity contribution in [3.05, 3.63) is 64.2 Å². The Morgan fingerprint density at radius 1 is 1.16 bits per heavy atom. The number of amides is 2. The van der Waals surface area contributed by atoms with Crippen molar-refractivity contribution in [2.24, 2.45) is 0 Å². The van der Waals surface area contributed by atoms with Gasteiger partial charge in [-0.3, -0.25) is 9.59 Å². The summed E-state index contributed by atoms with van der Waals surface area (Å²) < 4.78 is 5.47. The van der Waals surface area contributed by atoms with Gasteiger partial charge in [0.2, 0.25) is 11.8 Å². The molecule has 8 nitrogen and oxygen atoms in total. The lowest BCUT2D eigenvalue weighted by molar-refractivity contribution is -0.120. The summed E-state index contributed by atoms with van der Waals surface area (Å²) in [7, 11) is 0. The highest BCUT2D eigenvalue weighted by atomic mass is 32.1. The summed E-state index contributed by atoms with van der Waals surface area (Å²) >= 11 is 1.57. The topological polar surface area (TPSA) is 116 Å². The van der Waals surface area contributed by atoms with Gasteiger partial charge in [0.05, 0.1) is 18.6 Å². The second-order valence-corrected chi connectivity index (χ2v) is 8.27. The summed E-state index contributed by atoms with van der Waals surface area (Å²) in [4.78, 5) is 30.3. The summed E-state index contributed by atoms with van der Waals surface area (Å²) in [5.74, 6) is -0.0615. The minimum absolute atomic E-state index is 0.0336. The monoisotopic (exact) mass is 441 g/mol. The Balaban J connectivity index is 1.33. The minimum atomic E-state index is -0.956.